The van der Waals surface area contributed by atoms with Gasteiger partial charge in [-0.2, -0.15) is 0 Å². The minimum absolute atomic E-state index is 0.0461. The summed E-state index contributed by atoms with van der Waals surface area (Å²) in [5.74, 6) is 0.888. The summed E-state index contributed by atoms with van der Waals surface area (Å²) >= 11 is 0. The number of amides is 2. The van der Waals surface area contributed by atoms with Crippen molar-refractivity contribution in [1.82, 2.24) is 4.90 Å². The van der Waals surface area contributed by atoms with Crippen molar-refractivity contribution in [1.29, 1.82) is 0 Å². The van der Waals surface area contributed by atoms with Crippen LogP contribution >= 0.6 is 0 Å². The molecule has 0 aromatic heterocycles. The SMILES string of the molecule is CC[C@@H](Oc1cccc(OC)c1)C(=O)Nc1ccccc1C(=O)N1CCCC1. The minimum Gasteiger partial charge on any atom is -0.497 e. The Morgan fingerprint density at radius 1 is 1.07 bits per heavy atom. The molecule has 2 aromatic carbocycles. The highest BCUT2D eigenvalue weighted by Crippen LogP contribution is 2.23. The number of hydrogen-bond acceptors (Lipinski definition) is 4. The van der Waals surface area contributed by atoms with E-state index in [2.05, 4.69) is 5.32 Å². The number of hydrogen-bond donors (Lipinski definition) is 1. The molecule has 1 aliphatic heterocycles. The number of ether oxygens (including phenoxy) is 2. The molecule has 1 aliphatic rings. The monoisotopic (exact) mass is 382 g/mol. The van der Waals surface area contributed by atoms with Gasteiger partial charge in [0.15, 0.2) is 6.10 Å². The molecule has 2 aromatic rings. The maximum Gasteiger partial charge on any atom is 0.265 e. The van der Waals surface area contributed by atoms with E-state index in [1.165, 1.54) is 0 Å². The molecule has 3 rings (SSSR count). The topological polar surface area (TPSA) is 67.9 Å². The van der Waals surface area contributed by atoms with Crippen molar-refractivity contribution in [3.8, 4) is 11.5 Å². The van der Waals surface area contributed by atoms with E-state index in [0.29, 0.717) is 29.2 Å². The van der Waals surface area contributed by atoms with Crippen LogP contribution < -0.4 is 14.8 Å². The highest BCUT2D eigenvalue weighted by Gasteiger charge is 2.24. The fourth-order valence-electron chi connectivity index (χ4n) is 3.24. The van der Waals surface area contributed by atoms with Crippen molar-refractivity contribution >= 4 is 17.5 Å². The van der Waals surface area contributed by atoms with Gasteiger partial charge in [0.05, 0.1) is 18.4 Å². The molecule has 28 heavy (non-hydrogen) atoms. The van der Waals surface area contributed by atoms with Crippen LogP contribution in [0.15, 0.2) is 48.5 Å². The molecule has 1 N–H and O–H groups in total. The summed E-state index contributed by atoms with van der Waals surface area (Å²) in [4.78, 5) is 27.4. The standard InChI is InChI=1S/C22H26N2O4/c1-3-20(28-17-10-8-9-16(15-17)27-2)21(25)23-19-12-5-4-11-18(19)22(26)24-13-6-7-14-24/h4-5,8-12,15,20H,3,6-7,13-14H2,1-2H3,(H,23,25)/t20-/m1/s1. The average molecular weight is 382 g/mol. The van der Waals surface area contributed by atoms with Crippen molar-refractivity contribution in [2.75, 3.05) is 25.5 Å². The van der Waals surface area contributed by atoms with Gasteiger partial charge in [-0.25, -0.2) is 0 Å². The van der Waals surface area contributed by atoms with Gasteiger partial charge in [0.1, 0.15) is 11.5 Å². The van der Waals surface area contributed by atoms with E-state index in [1.807, 2.05) is 30.0 Å². The van der Waals surface area contributed by atoms with Crippen LogP contribution in [0.5, 0.6) is 11.5 Å². The molecule has 6 nitrogen and oxygen atoms in total. The second-order valence-corrected chi connectivity index (χ2v) is 6.73. The van der Waals surface area contributed by atoms with Crippen molar-refractivity contribution < 1.29 is 19.1 Å². The van der Waals surface area contributed by atoms with Crippen molar-refractivity contribution in [3.05, 3.63) is 54.1 Å². The third-order valence-electron chi connectivity index (χ3n) is 4.79. The molecule has 0 radical (unpaired) electrons. The Morgan fingerprint density at radius 2 is 1.79 bits per heavy atom. The van der Waals surface area contributed by atoms with E-state index in [1.54, 1.807) is 37.4 Å². The number of carbonyl (C=O) groups is 2. The Bertz CT molecular complexity index is 831. The van der Waals surface area contributed by atoms with Crippen LogP contribution in [-0.4, -0.2) is 43.0 Å². The van der Waals surface area contributed by atoms with E-state index in [-0.39, 0.29) is 11.8 Å². The van der Waals surface area contributed by atoms with E-state index < -0.39 is 6.10 Å². The fourth-order valence-corrected chi connectivity index (χ4v) is 3.24. The highest BCUT2D eigenvalue weighted by molar-refractivity contribution is 6.04. The summed E-state index contributed by atoms with van der Waals surface area (Å²) in [5, 5.41) is 2.87. The maximum atomic E-state index is 12.8. The zero-order valence-corrected chi connectivity index (χ0v) is 16.3. The number of likely N-dealkylation sites (tertiary alicyclic amines) is 1. The lowest BCUT2D eigenvalue weighted by molar-refractivity contribution is -0.122. The average Bonchev–Trinajstić information content (AvgIpc) is 3.27. The van der Waals surface area contributed by atoms with E-state index in [9.17, 15) is 9.59 Å². The molecular formula is C22H26N2O4. The van der Waals surface area contributed by atoms with Gasteiger partial charge in [-0.1, -0.05) is 25.1 Å². The second-order valence-electron chi connectivity index (χ2n) is 6.73. The van der Waals surface area contributed by atoms with Crippen LogP contribution in [0.3, 0.4) is 0 Å². The lowest BCUT2D eigenvalue weighted by Gasteiger charge is -2.20. The van der Waals surface area contributed by atoms with Gasteiger partial charge in [0.25, 0.3) is 11.8 Å². The first-order valence-corrected chi connectivity index (χ1v) is 9.62. The molecule has 1 fully saturated rings. The molecule has 0 saturated carbocycles. The Morgan fingerprint density at radius 3 is 2.50 bits per heavy atom. The first kappa shape index (κ1) is 19.7. The number of nitrogens with zero attached hydrogens (tertiary/aromatic N) is 1. The van der Waals surface area contributed by atoms with Gasteiger partial charge in [0.2, 0.25) is 0 Å². The predicted molar refractivity (Wildman–Crippen MR) is 108 cm³/mol. The summed E-state index contributed by atoms with van der Waals surface area (Å²) < 4.78 is 11.0. The lowest BCUT2D eigenvalue weighted by atomic mass is 10.1. The summed E-state index contributed by atoms with van der Waals surface area (Å²) in [7, 11) is 1.58. The third-order valence-corrected chi connectivity index (χ3v) is 4.79. The zero-order chi connectivity index (χ0) is 19.9. The second kappa shape index (κ2) is 9.26. The zero-order valence-electron chi connectivity index (χ0n) is 16.3. The first-order chi connectivity index (χ1) is 13.6. The van der Waals surface area contributed by atoms with Crippen molar-refractivity contribution in [3.63, 3.8) is 0 Å². The van der Waals surface area contributed by atoms with Crippen LogP contribution in [0.2, 0.25) is 0 Å². The molecule has 2 amide bonds. The molecule has 1 saturated heterocycles. The van der Waals surface area contributed by atoms with Crippen LogP contribution in [-0.2, 0) is 4.79 Å². The lowest BCUT2D eigenvalue weighted by Crippen LogP contribution is -2.34. The van der Waals surface area contributed by atoms with Gasteiger partial charge in [-0.15, -0.1) is 0 Å². The van der Waals surface area contributed by atoms with Gasteiger partial charge in [-0.3, -0.25) is 9.59 Å². The molecule has 1 heterocycles. The number of rotatable bonds is 7. The highest BCUT2D eigenvalue weighted by atomic mass is 16.5. The van der Waals surface area contributed by atoms with Crippen LogP contribution in [0.25, 0.3) is 0 Å². The van der Waals surface area contributed by atoms with Crippen LogP contribution in [0, 0.1) is 0 Å². The molecule has 0 spiro atoms. The Kier molecular flexibility index (Phi) is 6.53. The van der Waals surface area contributed by atoms with Crippen molar-refractivity contribution in [2.24, 2.45) is 0 Å². The summed E-state index contributed by atoms with van der Waals surface area (Å²) in [6.07, 6.45) is 1.85. The van der Waals surface area contributed by atoms with Gasteiger partial charge < -0.3 is 19.7 Å². The molecule has 0 bridgehead atoms. The van der Waals surface area contributed by atoms with E-state index >= 15 is 0 Å². The maximum absolute atomic E-state index is 12.8. The number of benzene rings is 2. The summed E-state index contributed by atoms with van der Waals surface area (Å²) in [5.41, 5.74) is 1.02. The number of carbonyl (C=O) groups excluding carboxylic acids is 2. The molecule has 0 aliphatic carbocycles. The van der Waals surface area contributed by atoms with Gasteiger partial charge in [0, 0.05) is 19.2 Å². The molecule has 0 unspecified atom stereocenters. The summed E-state index contributed by atoms with van der Waals surface area (Å²) in [6, 6.07) is 14.3. The minimum atomic E-state index is -0.679. The molecule has 6 heteroatoms. The summed E-state index contributed by atoms with van der Waals surface area (Å²) in [6.45, 7) is 3.40. The Labute approximate surface area is 165 Å². The van der Waals surface area contributed by atoms with E-state index in [0.717, 1.165) is 25.9 Å². The Balaban J connectivity index is 1.73. The Hall–Kier alpha value is -3.02. The first-order valence-electron chi connectivity index (χ1n) is 9.62. The molecular weight excluding hydrogens is 356 g/mol. The third kappa shape index (κ3) is 4.63. The molecule has 1 atom stereocenters. The van der Waals surface area contributed by atoms with Gasteiger partial charge in [-0.05, 0) is 43.5 Å². The quantitative estimate of drug-likeness (QED) is 0.792. The fraction of sp³-hybridized carbons (Fsp3) is 0.364. The largest absolute Gasteiger partial charge is 0.497 e. The molecule has 148 valence electrons. The number of nitrogens with one attached hydrogen (secondary N) is 1. The smallest absolute Gasteiger partial charge is 0.265 e. The van der Waals surface area contributed by atoms with Crippen molar-refractivity contribution in [2.45, 2.75) is 32.3 Å². The number of para-hydroxylation sites is 1. The van der Waals surface area contributed by atoms with E-state index in [4.69, 9.17) is 9.47 Å². The van der Waals surface area contributed by atoms with Gasteiger partial charge >= 0.3 is 0 Å². The normalized spacial score (nSPS) is 14.4. The van der Waals surface area contributed by atoms with Crippen LogP contribution in [0.1, 0.15) is 36.5 Å². The predicted octanol–water partition coefficient (Wildman–Crippen LogP) is 3.73. The van der Waals surface area contributed by atoms with Crippen LogP contribution in [0.4, 0.5) is 5.69 Å². The number of methoxy groups -OCH3 is 1. The number of anilines is 1.